The van der Waals surface area contributed by atoms with Crippen molar-refractivity contribution in [3.05, 3.63) is 65.8 Å². The van der Waals surface area contributed by atoms with Crippen molar-refractivity contribution in [3.63, 3.8) is 0 Å². The van der Waals surface area contributed by atoms with Crippen LogP contribution in [-0.4, -0.2) is 15.8 Å². The van der Waals surface area contributed by atoms with Crippen molar-refractivity contribution in [3.8, 4) is 0 Å². The van der Waals surface area contributed by atoms with E-state index in [1.165, 1.54) is 0 Å². The van der Waals surface area contributed by atoms with Gasteiger partial charge >= 0.3 is 34.5 Å². The normalized spacial score (nSPS) is 9.86. The number of nitrogens with zero attached hydrogens (tertiary/aromatic N) is 3. The predicted molar refractivity (Wildman–Crippen MR) is 95.3 cm³/mol. The number of para-hydroxylation sites is 1. The van der Waals surface area contributed by atoms with Gasteiger partial charge in [-0.3, -0.25) is 4.98 Å². The SMILES string of the molecule is CC(=N[N-]C(=[SH+])Nc1ccccc1)c1ccccn1.[Cl][Zn][Cl]. The van der Waals surface area contributed by atoms with Gasteiger partial charge in [-0.2, -0.15) is 0 Å². The molecule has 1 aromatic heterocycles. The molecule has 0 unspecified atom stereocenters. The van der Waals surface area contributed by atoms with Gasteiger partial charge in [-0.25, -0.2) is 0 Å². The zero-order valence-electron chi connectivity index (χ0n) is 11.9. The Kier molecular flexibility index (Phi) is 9.92. The molecule has 0 atom stereocenters. The first-order valence-corrected chi connectivity index (χ1v) is 14.6. The summed E-state index contributed by atoms with van der Waals surface area (Å²) in [5, 5.41) is 7.56. The molecule has 112 valence electrons. The summed E-state index contributed by atoms with van der Waals surface area (Å²) >= 11 is 3.31. The van der Waals surface area contributed by atoms with Gasteiger partial charge in [0.1, 0.15) is 0 Å². The predicted octanol–water partition coefficient (Wildman–Crippen LogP) is 4.03. The molecule has 1 heterocycles. The van der Waals surface area contributed by atoms with Gasteiger partial charge in [0.15, 0.2) is 12.2 Å². The second-order valence-electron chi connectivity index (χ2n) is 3.92. The summed E-state index contributed by atoms with van der Waals surface area (Å²) in [6.45, 7) is 1.86. The van der Waals surface area contributed by atoms with Gasteiger partial charge in [-0.15, -0.1) is 0 Å². The molecule has 1 aromatic carbocycles. The number of pyridine rings is 1. The van der Waals surface area contributed by atoms with Gasteiger partial charge in [-0.1, -0.05) is 24.3 Å². The maximum atomic E-state index is 4.95. The van der Waals surface area contributed by atoms with Crippen LogP contribution in [0.25, 0.3) is 5.43 Å². The quantitative estimate of drug-likeness (QED) is 0.209. The van der Waals surface area contributed by atoms with Crippen molar-refractivity contribution >= 4 is 48.1 Å². The molecule has 0 saturated carbocycles. The van der Waals surface area contributed by atoms with Crippen LogP contribution in [0.2, 0.25) is 0 Å². The standard InChI is InChI=1S/C14H14N4S.2ClH.Zn/c1-11(13-9-5-6-10-15-13)17-18-14(19)16-12-7-3-2-4-8-12;;;/h2-10H,1H3,(H2,15,16,18,19);2*1H;/q;;;+2/p-2. The van der Waals surface area contributed by atoms with Crippen LogP contribution in [0, 0.1) is 0 Å². The summed E-state index contributed by atoms with van der Waals surface area (Å²) in [5.41, 5.74) is 6.47. The average molecular weight is 407 g/mol. The first-order valence-electron chi connectivity index (χ1n) is 6.34. The van der Waals surface area contributed by atoms with E-state index in [4.69, 9.17) is 19.4 Å². The molecule has 1 N–H and O–H groups in total. The van der Waals surface area contributed by atoms with E-state index in [-0.39, 0.29) is 0 Å². The van der Waals surface area contributed by atoms with Crippen molar-refractivity contribution < 1.29 is 15.1 Å². The molecule has 0 amide bonds. The summed E-state index contributed by atoms with van der Waals surface area (Å²) in [7, 11) is 9.90. The fraction of sp³-hybridized carbons (Fsp3) is 0.0714. The number of benzene rings is 1. The summed E-state index contributed by atoms with van der Waals surface area (Å²) in [4.78, 5) is 4.20. The van der Waals surface area contributed by atoms with Crippen molar-refractivity contribution in [1.82, 2.24) is 4.98 Å². The van der Waals surface area contributed by atoms with Gasteiger partial charge in [0.25, 0.3) is 0 Å². The van der Waals surface area contributed by atoms with Gasteiger partial charge in [0, 0.05) is 17.6 Å². The number of rotatable bonds is 3. The Bertz CT molecular complexity index is 596. The molecule has 0 aliphatic carbocycles. The number of hydrogen-bond acceptors (Lipinski definition) is 2. The fourth-order valence-corrected chi connectivity index (χ4v) is 1.60. The molecule has 0 fully saturated rings. The Morgan fingerprint density at radius 2 is 1.82 bits per heavy atom. The third-order valence-corrected chi connectivity index (χ3v) is 2.56. The van der Waals surface area contributed by atoms with Crippen LogP contribution < -0.4 is 5.32 Å². The van der Waals surface area contributed by atoms with Crippen molar-refractivity contribution in [2.24, 2.45) is 5.10 Å². The minimum absolute atomic E-state index is 0.432. The second-order valence-corrected chi connectivity index (χ2v) is 8.96. The molecule has 22 heavy (non-hydrogen) atoms. The monoisotopic (exact) mass is 404 g/mol. The van der Waals surface area contributed by atoms with Gasteiger partial charge in [0.05, 0.1) is 5.69 Å². The van der Waals surface area contributed by atoms with Crippen LogP contribution in [0.1, 0.15) is 12.6 Å². The van der Waals surface area contributed by atoms with Crippen LogP contribution in [0.15, 0.2) is 59.8 Å². The molecule has 8 heteroatoms. The number of nitrogens with one attached hydrogen (secondary N) is 1. The number of hydrogen-bond donors (Lipinski definition) is 1. The molecule has 0 saturated heterocycles. The van der Waals surface area contributed by atoms with Crippen molar-refractivity contribution in [2.75, 3.05) is 5.32 Å². The van der Waals surface area contributed by atoms with Crippen LogP contribution in [0.5, 0.6) is 0 Å². The van der Waals surface area contributed by atoms with Crippen LogP contribution in [-0.2, 0) is 27.4 Å². The Labute approximate surface area is 151 Å². The van der Waals surface area contributed by atoms with Crippen LogP contribution >= 0.6 is 19.4 Å². The third kappa shape index (κ3) is 7.80. The van der Waals surface area contributed by atoms with Gasteiger partial charge < -0.3 is 15.8 Å². The molecule has 0 aliphatic heterocycles. The Hall–Kier alpha value is -1.07. The average Bonchev–Trinajstić information content (AvgIpc) is 2.55. The number of anilines is 1. The summed E-state index contributed by atoms with van der Waals surface area (Å²) in [6.07, 6.45) is 1.72. The summed E-state index contributed by atoms with van der Waals surface area (Å²) in [6, 6.07) is 15.3. The first-order chi connectivity index (χ1) is 10.7. The van der Waals surface area contributed by atoms with E-state index in [1.54, 1.807) is 6.20 Å². The number of aromatic nitrogens is 1. The molecule has 2 aromatic rings. The zero-order chi connectivity index (χ0) is 16.2. The first kappa shape index (κ1) is 19.0. The zero-order valence-corrected chi connectivity index (χ0v) is 17.3. The topological polar surface area (TPSA) is 51.4 Å². The fourth-order valence-electron chi connectivity index (χ4n) is 1.43. The molecule has 0 spiro atoms. The van der Waals surface area contributed by atoms with Crippen LogP contribution in [0.3, 0.4) is 0 Å². The second kappa shape index (κ2) is 11.5. The third-order valence-electron chi connectivity index (χ3n) is 2.36. The summed E-state index contributed by atoms with van der Waals surface area (Å²) < 4.78 is 0. The number of thiol groups is 1. The van der Waals surface area contributed by atoms with Gasteiger partial charge in [-0.05, 0) is 31.2 Å². The molecular formula is C14H14Cl2N4SZn. The van der Waals surface area contributed by atoms with E-state index in [9.17, 15) is 0 Å². The van der Waals surface area contributed by atoms with E-state index in [0.717, 1.165) is 17.1 Å². The van der Waals surface area contributed by atoms with E-state index in [1.807, 2.05) is 55.5 Å². The summed E-state index contributed by atoms with van der Waals surface area (Å²) in [5.74, 6) is 0. The molecule has 0 radical (unpaired) electrons. The minimum atomic E-state index is -0.931. The van der Waals surface area contributed by atoms with Crippen molar-refractivity contribution in [1.29, 1.82) is 0 Å². The Morgan fingerprint density at radius 3 is 2.41 bits per heavy atom. The number of halogens is 2. The molecular weight excluding hydrogens is 393 g/mol. The van der Waals surface area contributed by atoms with Crippen LogP contribution in [0.4, 0.5) is 5.69 Å². The Morgan fingerprint density at radius 1 is 1.18 bits per heavy atom. The van der Waals surface area contributed by atoms with E-state index < -0.39 is 15.1 Å². The van der Waals surface area contributed by atoms with Crippen molar-refractivity contribution in [2.45, 2.75) is 6.92 Å². The molecule has 4 nitrogen and oxygen atoms in total. The molecule has 0 bridgehead atoms. The van der Waals surface area contributed by atoms with E-state index in [2.05, 4.69) is 33.0 Å². The molecule has 0 aliphatic rings. The Balaban J connectivity index is 0.000000745. The van der Waals surface area contributed by atoms with E-state index >= 15 is 0 Å². The van der Waals surface area contributed by atoms with Gasteiger partial charge in [0.2, 0.25) is 5.11 Å². The molecule has 2 rings (SSSR count). The van der Waals surface area contributed by atoms with E-state index in [0.29, 0.717) is 5.11 Å². The maximum absolute atomic E-state index is 4.95.